The third-order valence-electron chi connectivity index (χ3n) is 11.4. The third-order valence-corrected chi connectivity index (χ3v) is 11.4. The minimum Gasteiger partial charge on any atom is -0.456 e. The molecule has 4 heterocycles. The lowest BCUT2D eigenvalue weighted by Gasteiger charge is -2.14. The molecule has 0 aliphatic heterocycles. The van der Waals surface area contributed by atoms with Gasteiger partial charge in [-0.3, -0.25) is 5.41 Å². The van der Waals surface area contributed by atoms with Gasteiger partial charge in [0.05, 0.1) is 39.0 Å². The smallest absolute Gasteiger partial charge is 0.229 e. The molecule has 12 rings (SSSR count). The van der Waals surface area contributed by atoms with Crippen LogP contribution in [0.2, 0.25) is 0 Å². The number of hydrogen-bond donors (Lipinski definition) is 2. The number of hydrogen-bond acceptors (Lipinski definition) is 3. The van der Waals surface area contributed by atoms with Crippen molar-refractivity contribution in [3.63, 3.8) is 0 Å². The van der Waals surface area contributed by atoms with Crippen LogP contribution in [0.5, 0.6) is 0 Å². The molecule has 0 aliphatic rings. The highest BCUT2D eigenvalue weighted by Gasteiger charge is 2.22. The number of H-pyrrole nitrogens is 1. The second-order valence-corrected chi connectivity index (χ2v) is 14.6. The molecule has 2 N–H and O–H groups in total. The Labute approximate surface area is 330 Å². The van der Waals surface area contributed by atoms with Crippen molar-refractivity contribution in [3.05, 3.63) is 193 Å². The summed E-state index contributed by atoms with van der Waals surface area (Å²) >= 11 is 0. The van der Waals surface area contributed by atoms with E-state index in [0.29, 0.717) is 11.2 Å². The molecule has 7 nitrogen and oxygen atoms in total. The van der Waals surface area contributed by atoms with E-state index < -0.39 is 0 Å². The zero-order valence-corrected chi connectivity index (χ0v) is 31.0. The Morgan fingerprint density at radius 3 is 2.05 bits per heavy atom. The maximum Gasteiger partial charge on any atom is 0.229 e. The number of aromatic amines is 1. The summed E-state index contributed by atoms with van der Waals surface area (Å²) in [6, 6.07) is 62.6. The summed E-state index contributed by atoms with van der Waals surface area (Å²) in [5.74, 6) is 0.0955. The van der Waals surface area contributed by atoms with Gasteiger partial charge in [-0.2, -0.15) is 4.99 Å². The standard InChI is InChI=1S/C51H32N6O/c52-50(55-51-53-40-21-9-4-18-37(40)48(54-51)31-26-27-35-34-17-8-13-25-45(34)58-46(35)30-31)39-20-7-12-24-43(39)57-41-22-10-5-16-33(41)36-28-29-44-47(49(36)57)38-19-6-11-23-42(38)56(44)32-14-2-1-3-15-32/h1-30H,(H2,52,53,54,55). The van der Waals surface area contributed by atoms with Crippen LogP contribution in [0.4, 0.5) is 0 Å². The fourth-order valence-corrected chi connectivity index (χ4v) is 8.91. The molecule has 0 bridgehead atoms. The molecule has 8 aromatic carbocycles. The second kappa shape index (κ2) is 12.5. The van der Waals surface area contributed by atoms with E-state index in [1.807, 2.05) is 60.7 Å². The predicted octanol–water partition coefficient (Wildman–Crippen LogP) is 12.2. The zero-order chi connectivity index (χ0) is 38.3. The fourth-order valence-electron chi connectivity index (χ4n) is 8.91. The number of aromatic nitrogens is 4. The van der Waals surface area contributed by atoms with E-state index in [9.17, 15) is 5.41 Å². The van der Waals surface area contributed by atoms with Crippen LogP contribution >= 0.6 is 0 Å². The van der Waals surface area contributed by atoms with Crippen molar-refractivity contribution in [2.24, 2.45) is 4.99 Å². The second-order valence-electron chi connectivity index (χ2n) is 14.6. The van der Waals surface area contributed by atoms with Crippen molar-refractivity contribution in [2.45, 2.75) is 0 Å². The van der Waals surface area contributed by atoms with Crippen molar-refractivity contribution in [3.8, 4) is 22.6 Å². The van der Waals surface area contributed by atoms with Gasteiger partial charge < -0.3 is 18.5 Å². The molecule has 7 heteroatoms. The molecule has 0 amide bonds. The van der Waals surface area contributed by atoms with E-state index in [-0.39, 0.29) is 5.84 Å². The number of furan rings is 1. The van der Waals surface area contributed by atoms with Crippen LogP contribution in [0.1, 0.15) is 5.56 Å². The van der Waals surface area contributed by atoms with E-state index >= 15 is 0 Å². The van der Waals surface area contributed by atoms with E-state index in [2.05, 4.69) is 135 Å². The molecule has 58 heavy (non-hydrogen) atoms. The Balaban J connectivity index is 1.08. The Kier molecular flexibility index (Phi) is 6.94. The maximum atomic E-state index is 9.63. The average Bonchev–Trinajstić information content (AvgIpc) is 3.94. The normalized spacial score (nSPS) is 12.3. The number of nitrogens with zero attached hydrogens (tertiary/aromatic N) is 4. The van der Waals surface area contributed by atoms with Gasteiger partial charge in [-0.05, 0) is 66.7 Å². The minimum atomic E-state index is 0.0955. The molecule has 12 aromatic rings. The van der Waals surface area contributed by atoms with Gasteiger partial charge in [-0.1, -0.05) is 115 Å². The molecular formula is C51H32N6O. The van der Waals surface area contributed by atoms with Crippen molar-refractivity contribution in [1.82, 2.24) is 19.1 Å². The van der Waals surface area contributed by atoms with Gasteiger partial charge >= 0.3 is 0 Å². The minimum absolute atomic E-state index is 0.0955. The average molecular weight is 745 g/mol. The SMILES string of the molecule is N=C(/N=c1/nc(-c2ccc3c(c2)oc2ccccc23)c2ccccc2[nH]1)c1ccccc1-n1c2ccccc2c2ccc3c(c4ccccc4n3-c3ccccc3)c21. The number of fused-ring (bicyclic) bond motifs is 11. The van der Waals surface area contributed by atoms with Gasteiger partial charge in [0.25, 0.3) is 0 Å². The summed E-state index contributed by atoms with van der Waals surface area (Å²) in [7, 11) is 0. The van der Waals surface area contributed by atoms with Crippen LogP contribution in [0.3, 0.4) is 0 Å². The summed E-state index contributed by atoms with van der Waals surface area (Å²) in [5.41, 5.74) is 11.6. The van der Waals surface area contributed by atoms with Crippen molar-refractivity contribution in [1.29, 1.82) is 5.41 Å². The summed E-state index contributed by atoms with van der Waals surface area (Å²) in [5, 5.41) is 17.3. The molecule has 0 saturated carbocycles. The Bertz CT molecular complexity index is 3720. The van der Waals surface area contributed by atoms with E-state index in [1.54, 1.807) is 0 Å². The molecule has 0 saturated heterocycles. The molecular weight excluding hydrogens is 713 g/mol. The lowest BCUT2D eigenvalue weighted by Crippen LogP contribution is -2.17. The summed E-state index contributed by atoms with van der Waals surface area (Å²) < 4.78 is 10.9. The van der Waals surface area contributed by atoms with Crippen molar-refractivity contribution >= 4 is 82.3 Å². The molecule has 272 valence electrons. The Morgan fingerprint density at radius 1 is 0.534 bits per heavy atom. The number of nitrogens with one attached hydrogen (secondary N) is 2. The Morgan fingerprint density at radius 2 is 1.19 bits per heavy atom. The van der Waals surface area contributed by atoms with Crippen LogP contribution in [-0.4, -0.2) is 24.9 Å². The number of para-hydroxylation sites is 6. The molecule has 0 spiro atoms. The fraction of sp³-hybridized carbons (Fsp3) is 0. The predicted molar refractivity (Wildman–Crippen MR) is 236 cm³/mol. The quantitative estimate of drug-likeness (QED) is 0.139. The van der Waals surface area contributed by atoms with Gasteiger partial charge in [-0.15, -0.1) is 0 Å². The van der Waals surface area contributed by atoms with Gasteiger partial charge in [0.15, 0.2) is 5.84 Å². The first-order valence-electron chi connectivity index (χ1n) is 19.3. The Hall–Kier alpha value is -8.03. The van der Waals surface area contributed by atoms with Crippen LogP contribution in [0, 0.1) is 5.41 Å². The van der Waals surface area contributed by atoms with Crippen molar-refractivity contribution in [2.75, 3.05) is 0 Å². The molecule has 4 aromatic heterocycles. The third kappa shape index (κ3) is 4.77. The van der Waals surface area contributed by atoms with Crippen LogP contribution in [-0.2, 0) is 0 Å². The topological polar surface area (TPSA) is 87.9 Å². The van der Waals surface area contributed by atoms with E-state index in [4.69, 9.17) is 14.4 Å². The lowest BCUT2D eigenvalue weighted by atomic mass is 10.0. The van der Waals surface area contributed by atoms with Crippen LogP contribution < -0.4 is 5.62 Å². The van der Waals surface area contributed by atoms with Gasteiger partial charge in [-0.25, -0.2) is 4.98 Å². The molecule has 0 fully saturated rings. The highest BCUT2D eigenvalue weighted by molar-refractivity contribution is 6.26. The number of rotatable bonds is 4. The lowest BCUT2D eigenvalue weighted by molar-refractivity contribution is 0.669. The molecule has 0 unspecified atom stereocenters. The number of benzene rings is 8. The maximum absolute atomic E-state index is 9.63. The van der Waals surface area contributed by atoms with Gasteiger partial charge in [0.2, 0.25) is 5.62 Å². The molecule has 0 aliphatic carbocycles. The summed E-state index contributed by atoms with van der Waals surface area (Å²) in [6.45, 7) is 0. The first kappa shape index (κ1) is 32.2. The van der Waals surface area contributed by atoms with Crippen LogP contribution in [0.15, 0.2) is 191 Å². The highest BCUT2D eigenvalue weighted by Crippen LogP contribution is 2.42. The summed E-state index contributed by atoms with van der Waals surface area (Å²) in [4.78, 5) is 13.4. The first-order valence-corrected chi connectivity index (χ1v) is 19.3. The van der Waals surface area contributed by atoms with E-state index in [1.165, 1.54) is 0 Å². The van der Waals surface area contributed by atoms with Gasteiger partial charge in [0, 0.05) is 54.5 Å². The largest absolute Gasteiger partial charge is 0.456 e. The monoisotopic (exact) mass is 744 g/mol. The summed E-state index contributed by atoms with van der Waals surface area (Å²) in [6.07, 6.45) is 0. The molecule has 0 radical (unpaired) electrons. The van der Waals surface area contributed by atoms with E-state index in [0.717, 1.165) is 99.1 Å². The zero-order valence-electron chi connectivity index (χ0n) is 31.0. The van der Waals surface area contributed by atoms with Crippen LogP contribution in [0.25, 0.3) is 99.1 Å². The first-order chi connectivity index (χ1) is 28.7. The molecule has 0 atom stereocenters. The van der Waals surface area contributed by atoms with Gasteiger partial charge in [0.1, 0.15) is 11.2 Å². The number of amidine groups is 1. The highest BCUT2D eigenvalue weighted by atomic mass is 16.3. The van der Waals surface area contributed by atoms with Crippen molar-refractivity contribution < 1.29 is 4.42 Å².